The number of benzene rings is 1. The van der Waals surface area contributed by atoms with Crippen LogP contribution in [0.25, 0.3) is 0 Å². The van der Waals surface area contributed by atoms with Crippen molar-refractivity contribution in [3.05, 3.63) is 35.4 Å². The third-order valence-electron chi connectivity index (χ3n) is 2.92. The summed E-state index contributed by atoms with van der Waals surface area (Å²) in [4.78, 5) is 13.5. The maximum absolute atomic E-state index is 12.2. The SMILES string of the molecule is O=C1c2ccccc2CCCN1COCC(F)(F)F. The molecule has 0 bridgehead atoms. The molecule has 0 saturated carbocycles. The first-order valence-electron chi connectivity index (χ1n) is 5.99. The highest BCUT2D eigenvalue weighted by Crippen LogP contribution is 2.19. The molecule has 1 aromatic rings. The first kappa shape index (κ1) is 13.9. The van der Waals surface area contributed by atoms with Gasteiger partial charge in [-0.2, -0.15) is 13.2 Å². The van der Waals surface area contributed by atoms with Gasteiger partial charge in [0.15, 0.2) is 0 Å². The van der Waals surface area contributed by atoms with Gasteiger partial charge in [-0.15, -0.1) is 0 Å². The van der Waals surface area contributed by atoms with Gasteiger partial charge in [0.1, 0.15) is 13.3 Å². The highest BCUT2D eigenvalue weighted by molar-refractivity contribution is 5.96. The maximum Gasteiger partial charge on any atom is 0.411 e. The maximum atomic E-state index is 12.2. The van der Waals surface area contributed by atoms with Gasteiger partial charge in [0.05, 0.1) is 0 Å². The molecule has 1 aromatic carbocycles. The Morgan fingerprint density at radius 3 is 2.74 bits per heavy atom. The zero-order valence-electron chi connectivity index (χ0n) is 10.2. The highest BCUT2D eigenvalue weighted by atomic mass is 19.4. The molecule has 1 aliphatic heterocycles. The standard InChI is InChI=1S/C13H14F3NO2/c14-13(15,16)8-19-9-17-7-3-5-10-4-1-2-6-11(10)12(17)18/h1-2,4,6H,3,5,7-9H2. The quantitative estimate of drug-likeness (QED) is 0.847. The van der Waals surface area contributed by atoms with Crippen molar-refractivity contribution in [2.75, 3.05) is 19.9 Å². The molecule has 0 radical (unpaired) electrons. The minimum atomic E-state index is -4.37. The normalized spacial score (nSPS) is 16.2. The van der Waals surface area contributed by atoms with Gasteiger partial charge >= 0.3 is 6.18 Å². The summed E-state index contributed by atoms with van der Waals surface area (Å²) in [7, 11) is 0. The van der Waals surface area contributed by atoms with Crippen LogP contribution in [0.15, 0.2) is 24.3 Å². The largest absolute Gasteiger partial charge is 0.411 e. The summed E-state index contributed by atoms with van der Waals surface area (Å²) in [6.45, 7) is -1.25. The second-order valence-electron chi connectivity index (χ2n) is 4.42. The second-order valence-corrected chi connectivity index (χ2v) is 4.42. The molecule has 0 saturated heterocycles. The van der Waals surface area contributed by atoms with Crippen LogP contribution in [0, 0.1) is 0 Å². The third kappa shape index (κ3) is 3.70. The van der Waals surface area contributed by atoms with E-state index in [1.54, 1.807) is 12.1 Å². The molecule has 0 fully saturated rings. The number of rotatable bonds is 3. The molecular weight excluding hydrogens is 259 g/mol. The fraction of sp³-hybridized carbons (Fsp3) is 0.462. The van der Waals surface area contributed by atoms with Crippen molar-refractivity contribution < 1.29 is 22.7 Å². The molecule has 0 aliphatic carbocycles. The van der Waals surface area contributed by atoms with Crippen LogP contribution >= 0.6 is 0 Å². The van der Waals surface area contributed by atoms with Crippen LogP contribution in [0.3, 0.4) is 0 Å². The first-order chi connectivity index (χ1) is 8.97. The Balaban J connectivity index is 2.01. The van der Waals surface area contributed by atoms with Gasteiger partial charge in [-0.3, -0.25) is 4.79 Å². The summed E-state index contributed by atoms with van der Waals surface area (Å²) in [5.74, 6) is -0.268. The van der Waals surface area contributed by atoms with Gasteiger partial charge < -0.3 is 9.64 Å². The van der Waals surface area contributed by atoms with E-state index in [2.05, 4.69) is 4.74 Å². The van der Waals surface area contributed by atoms with Crippen LogP contribution in [0.5, 0.6) is 0 Å². The molecule has 3 nitrogen and oxygen atoms in total. The Morgan fingerprint density at radius 2 is 2.00 bits per heavy atom. The molecule has 0 aromatic heterocycles. The predicted molar refractivity (Wildman–Crippen MR) is 62.7 cm³/mol. The van der Waals surface area contributed by atoms with E-state index < -0.39 is 12.8 Å². The molecule has 0 N–H and O–H groups in total. The number of carbonyl (C=O) groups excluding carboxylic acids is 1. The number of halogens is 3. The lowest BCUT2D eigenvalue weighted by molar-refractivity contribution is -0.181. The molecule has 19 heavy (non-hydrogen) atoms. The van der Waals surface area contributed by atoms with E-state index in [9.17, 15) is 18.0 Å². The number of alkyl halides is 3. The predicted octanol–water partition coefficient (Wildman–Crippen LogP) is 2.61. The number of amides is 1. The Hall–Kier alpha value is -1.56. The van der Waals surface area contributed by atoms with Crippen molar-refractivity contribution >= 4 is 5.91 Å². The Morgan fingerprint density at radius 1 is 1.26 bits per heavy atom. The minimum absolute atomic E-state index is 0.268. The Labute approximate surface area is 109 Å². The zero-order valence-corrected chi connectivity index (χ0v) is 10.2. The third-order valence-corrected chi connectivity index (χ3v) is 2.92. The van der Waals surface area contributed by atoms with Crippen molar-refractivity contribution in [1.82, 2.24) is 4.90 Å². The van der Waals surface area contributed by atoms with E-state index in [1.807, 2.05) is 12.1 Å². The minimum Gasteiger partial charge on any atom is -0.352 e. The second kappa shape index (κ2) is 5.61. The lowest BCUT2D eigenvalue weighted by atomic mass is 10.0. The van der Waals surface area contributed by atoms with E-state index in [1.165, 1.54) is 4.90 Å². The number of fused-ring (bicyclic) bond motifs is 1. The number of nitrogens with zero attached hydrogens (tertiary/aromatic N) is 1. The van der Waals surface area contributed by atoms with E-state index in [-0.39, 0.29) is 12.6 Å². The van der Waals surface area contributed by atoms with Gasteiger partial charge in [0, 0.05) is 12.1 Å². The Bertz CT molecular complexity index is 459. The van der Waals surface area contributed by atoms with Crippen LogP contribution in [0.4, 0.5) is 13.2 Å². The van der Waals surface area contributed by atoms with Crippen molar-refractivity contribution in [3.63, 3.8) is 0 Å². The van der Waals surface area contributed by atoms with Gasteiger partial charge in [0.25, 0.3) is 5.91 Å². The molecule has 0 unspecified atom stereocenters. The van der Waals surface area contributed by atoms with Crippen LogP contribution in [-0.2, 0) is 11.2 Å². The lowest BCUT2D eigenvalue weighted by Crippen LogP contribution is -2.34. The summed E-state index contributed by atoms with van der Waals surface area (Å²) < 4.78 is 40.6. The summed E-state index contributed by atoms with van der Waals surface area (Å²) in [6, 6.07) is 7.16. The van der Waals surface area contributed by atoms with Crippen molar-refractivity contribution in [3.8, 4) is 0 Å². The molecular formula is C13H14F3NO2. The number of hydrogen-bond acceptors (Lipinski definition) is 2. The van der Waals surface area contributed by atoms with Crippen molar-refractivity contribution in [2.24, 2.45) is 0 Å². The highest BCUT2D eigenvalue weighted by Gasteiger charge is 2.29. The van der Waals surface area contributed by atoms with E-state index in [0.29, 0.717) is 12.1 Å². The van der Waals surface area contributed by atoms with Crippen LogP contribution < -0.4 is 0 Å². The number of hydrogen-bond donors (Lipinski definition) is 0. The molecule has 1 amide bonds. The number of carbonyl (C=O) groups is 1. The molecule has 2 rings (SSSR count). The van der Waals surface area contributed by atoms with Crippen molar-refractivity contribution in [2.45, 2.75) is 19.0 Å². The van der Waals surface area contributed by atoms with Gasteiger partial charge in [0.2, 0.25) is 0 Å². The molecule has 6 heteroatoms. The first-order valence-corrected chi connectivity index (χ1v) is 5.99. The summed E-state index contributed by atoms with van der Waals surface area (Å²) in [6.07, 6.45) is -2.90. The molecule has 1 aliphatic rings. The fourth-order valence-corrected chi connectivity index (χ4v) is 2.07. The summed E-state index contributed by atoms with van der Waals surface area (Å²) >= 11 is 0. The fourth-order valence-electron chi connectivity index (χ4n) is 2.07. The zero-order chi connectivity index (χ0) is 13.9. The topological polar surface area (TPSA) is 29.5 Å². The average Bonchev–Trinajstić information content (AvgIpc) is 2.49. The van der Waals surface area contributed by atoms with Crippen LogP contribution in [0.1, 0.15) is 22.3 Å². The van der Waals surface area contributed by atoms with Gasteiger partial charge in [-0.1, -0.05) is 18.2 Å². The van der Waals surface area contributed by atoms with Crippen LogP contribution in [0.2, 0.25) is 0 Å². The van der Waals surface area contributed by atoms with Gasteiger partial charge in [-0.25, -0.2) is 0 Å². The molecule has 0 spiro atoms. The van der Waals surface area contributed by atoms with E-state index in [0.717, 1.165) is 18.4 Å². The molecule has 104 valence electrons. The van der Waals surface area contributed by atoms with Gasteiger partial charge in [-0.05, 0) is 24.5 Å². The molecule has 0 atom stereocenters. The number of ether oxygens (including phenoxy) is 1. The monoisotopic (exact) mass is 273 g/mol. The van der Waals surface area contributed by atoms with E-state index in [4.69, 9.17) is 0 Å². The summed E-state index contributed by atoms with van der Waals surface area (Å²) in [5.41, 5.74) is 1.49. The molecule has 1 heterocycles. The van der Waals surface area contributed by atoms with Crippen LogP contribution in [-0.4, -0.2) is 36.9 Å². The Kier molecular flexibility index (Phi) is 4.09. The van der Waals surface area contributed by atoms with E-state index >= 15 is 0 Å². The smallest absolute Gasteiger partial charge is 0.352 e. The van der Waals surface area contributed by atoms with Crippen molar-refractivity contribution in [1.29, 1.82) is 0 Å². The number of aryl methyl sites for hydroxylation is 1. The lowest BCUT2D eigenvalue weighted by Gasteiger charge is -2.21. The summed E-state index contributed by atoms with van der Waals surface area (Å²) in [5, 5.41) is 0. The average molecular weight is 273 g/mol.